The molecule has 4 nitrogen and oxygen atoms in total. The summed E-state index contributed by atoms with van der Waals surface area (Å²) in [5.74, 6) is 0. The van der Waals surface area contributed by atoms with Crippen LogP contribution in [0.3, 0.4) is 0 Å². The summed E-state index contributed by atoms with van der Waals surface area (Å²) < 4.78 is 0. The monoisotopic (exact) mass is 200 g/mol. The zero-order valence-electron chi connectivity index (χ0n) is 7.84. The molecule has 0 saturated carbocycles. The highest BCUT2D eigenvalue weighted by molar-refractivity contribution is 5.98. The molecular formula is C11H8N2O2. The van der Waals surface area contributed by atoms with E-state index in [1.165, 1.54) is 4.90 Å². The molecule has 2 aliphatic rings. The van der Waals surface area contributed by atoms with Gasteiger partial charge >= 0.3 is 6.09 Å². The van der Waals surface area contributed by atoms with E-state index in [4.69, 9.17) is 5.11 Å². The van der Waals surface area contributed by atoms with Crippen molar-refractivity contribution in [1.82, 2.24) is 0 Å². The predicted octanol–water partition coefficient (Wildman–Crippen LogP) is 0.461. The van der Waals surface area contributed by atoms with Crippen molar-refractivity contribution >= 4 is 35.8 Å². The standard InChI is InChI=1S/C11H8N2O2/c14-11(15)13-6-4-8-7-3-5-12-9(7)1-2-10(8)13/h1-5H,6H2,(H,14,15). The second-order valence-electron chi connectivity index (χ2n) is 3.47. The van der Waals surface area contributed by atoms with Crippen LogP contribution in [0.25, 0.3) is 12.2 Å². The quantitative estimate of drug-likeness (QED) is 0.661. The number of hydrogen-bond acceptors (Lipinski definition) is 2. The van der Waals surface area contributed by atoms with Gasteiger partial charge in [-0.25, -0.2) is 4.79 Å². The van der Waals surface area contributed by atoms with Crippen LogP contribution in [-0.2, 0) is 0 Å². The Morgan fingerprint density at radius 1 is 1.40 bits per heavy atom. The molecule has 0 bridgehead atoms. The molecule has 1 amide bonds. The summed E-state index contributed by atoms with van der Waals surface area (Å²) in [6.07, 6.45) is 4.66. The van der Waals surface area contributed by atoms with Crippen LogP contribution in [0.15, 0.2) is 17.1 Å². The molecule has 0 aliphatic carbocycles. The lowest BCUT2D eigenvalue weighted by Gasteiger charge is -2.12. The largest absolute Gasteiger partial charge is 0.465 e. The summed E-state index contributed by atoms with van der Waals surface area (Å²) >= 11 is 0. The molecule has 0 atom stereocenters. The maximum absolute atomic E-state index is 10.9. The SMILES string of the molecule is O=C(O)N1CC=c2c1ccc1c2=CC=N1. The van der Waals surface area contributed by atoms with Gasteiger partial charge in [-0.15, -0.1) is 0 Å². The summed E-state index contributed by atoms with van der Waals surface area (Å²) in [7, 11) is 0. The minimum atomic E-state index is -0.913. The second-order valence-corrected chi connectivity index (χ2v) is 3.47. The topological polar surface area (TPSA) is 52.9 Å². The Hall–Kier alpha value is -2.10. The lowest BCUT2D eigenvalue weighted by molar-refractivity contribution is 0.203. The van der Waals surface area contributed by atoms with Crippen molar-refractivity contribution in [3.63, 3.8) is 0 Å². The number of carboxylic acid groups (broad SMARTS) is 1. The first-order chi connectivity index (χ1) is 7.27. The van der Waals surface area contributed by atoms with Crippen molar-refractivity contribution in [2.75, 3.05) is 11.4 Å². The molecule has 0 radical (unpaired) electrons. The number of amides is 1. The molecule has 1 N–H and O–H groups in total. The third kappa shape index (κ3) is 1.01. The van der Waals surface area contributed by atoms with E-state index in [0.29, 0.717) is 6.54 Å². The van der Waals surface area contributed by atoms with E-state index in [-0.39, 0.29) is 0 Å². The van der Waals surface area contributed by atoms with E-state index >= 15 is 0 Å². The number of carbonyl (C=O) groups is 1. The predicted molar refractivity (Wildman–Crippen MR) is 58.1 cm³/mol. The molecule has 0 unspecified atom stereocenters. The van der Waals surface area contributed by atoms with Gasteiger partial charge in [0.15, 0.2) is 0 Å². The fourth-order valence-electron chi connectivity index (χ4n) is 2.01. The average molecular weight is 200 g/mol. The Morgan fingerprint density at radius 3 is 3.07 bits per heavy atom. The van der Waals surface area contributed by atoms with Gasteiger partial charge in [0.2, 0.25) is 0 Å². The molecule has 0 fully saturated rings. The highest BCUT2D eigenvalue weighted by Crippen LogP contribution is 2.16. The van der Waals surface area contributed by atoms with Crippen LogP contribution in [0.1, 0.15) is 0 Å². The van der Waals surface area contributed by atoms with Gasteiger partial charge in [0.25, 0.3) is 0 Å². The minimum Gasteiger partial charge on any atom is -0.465 e. The summed E-state index contributed by atoms with van der Waals surface area (Å²) in [4.78, 5) is 16.4. The Kier molecular flexibility index (Phi) is 1.48. The highest BCUT2D eigenvalue weighted by Gasteiger charge is 2.20. The molecular weight excluding hydrogens is 192 g/mol. The third-order valence-corrected chi connectivity index (χ3v) is 2.70. The van der Waals surface area contributed by atoms with Crippen LogP contribution in [0.5, 0.6) is 0 Å². The Bertz CT molecular complexity index is 602. The molecule has 2 aliphatic heterocycles. The van der Waals surface area contributed by atoms with Crippen molar-refractivity contribution in [1.29, 1.82) is 0 Å². The smallest absolute Gasteiger partial charge is 0.412 e. The Balaban J connectivity index is 2.30. The van der Waals surface area contributed by atoms with Crippen LogP contribution in [0, 0.1) is 0 Å². The Morgan fingerprint density at radius 2 is 2.27 bits per heavy atom. The maximum atomic E-state index is 10.9. The van der Waals surface area contributed by atoms with Crippen LogP contribution in [0.4, 0.5) is 16.2 Å². The lowest BCUT2D eigenvalue weighted by Crippen LogP contribution is -2.31. The molecule has 15 heavy (non-hydrogen) atoms. The van der Waals surface area contributed by atoms with Gasteiger partial charge in [-0.05, 0) is 18.2 Å². The number of rotatable bonds is 0. The summed E-state index contributed by atoms with van der Waals surface area (Å²) in [6, 6.07) is 3.66. The van der Waals surface area contributed by atoms with Gasteiger partial charge in [0.05, 0.1) is 11.4 Å². The average Bonchev–Trinajstić information content (AvgIpc) is 2.82. The number of benzene rings is 1. The van der Waals surface area contributed by atoms with Gasteiger partial charge in [-0.3, -0.25) is 9.89 Å². The molecule has 0 aromatic heterocycles. The van der Waals surface area contributed by atoms with Crippen LogP contribution in [0.2, 0.25) is 0 Å². The van der Waals surface area contributed by atoms with E-state index in [9.17, 15) is 4.79 Å². The zero-order chi connectivity index (χ0) is 10.4. The fourth-order valence-corrected chi connectivity index (χ4v) is 2.01. The molecule has 1 aromatic rings. The first-order valence-corrected chi connectivity index (χ1v) is 4.65. The summed E-state index contributed by atoms with van der Waals surface area (Å²) in [5.41, 5.74) is 1.67. The van der Waals surface area contributed by atoms with Gasteiger partial charge in [-0.2, -0.15) is 0 Å². The number of hydrogen-bond donors (Lipinski definition) is 1. The van der Waals surface area contributed by atoms with Gasteiger partial charge in [-0.1, -0.05) is 6.08 Å². The second kappa shape index (κ2) is 2.70. The maximum Gasteiger partial charge on any atom is 0.412 e. The van der Waals surface area contributed by atoms with Crippen LogP contribution in [-0.4, -0.2) is 24.0 Å². The van der Waals surface area contributed by atoms with E-state index in [1.54, 1.807) is 6.21 Å². The zero-order valence-corrected chi connectivity index (χ0v) is 7.84. The van der Waals surface area contributed by atoms with Crippen molar-refractivity contribution in [2.24, 2.45) is 4.99 Å². The molecule has 4 heteroatoms. The van der Waals surface area contributed by atoms with Crippen molar-refractivity contribution in [3.8, 4) is 0 Å². The Labute approximate surface area is 85.5 Å². The number of aliphatic imine (C=N–C) groups is 1. The molecule has 0 spiro atoms. The normalized spacial score (nSPS) is 15.6. The first-order valence-electron chi connectivity index (χ1n) is 4.65. The molecule has 2 heterocycles. The van der Waals surface area contributed by atoms with E-state index in [0.717, 1.165) is 21.8 Å². The van der Waals surface area contributed by atoms with Gasteiger partial charge < -0.3 is 5.11 Å². The van der Waals surface area contributed by atoms with Crippen molar-refractivity contribution in [3.05, 3.63) is 22.6 Å². The van der Waals surface area contributed by atoms with Crippen LogP contribution >= 0.6 is 0 Å². The van der Waals surface area contributed by atoms with E-state index < -0.39 is 6.09 Å². The van der Waals surface area contributed by atoms with Crippen LogP contribution < -0.4 is 15.3 Å². The third-order valence-electron chi connectivity index (χ3n) is 2.70. The summed E-state index contributed by atoms with van der Waals surface area (Å²) in [6.45, 7) is 0.426. The number of fused-ring (bicyclic) bond motifs is 3. The van der Waals surface area contributed by atoms with E-state index in [1.807, 2.05) is 24.3 Å². The van der Waals surface area contributed by atoms with Crippen molar-refractivity contribution in [2.45, 2.75) is 0 Å². The highest BCUT2D eigenvalue weighted by atomic mass is 16.4. The number of anilines is 1. The molecule has 0 saturated heterocycles. The van der Waals surface area contributed by atoms with Gasteiger partial charge in [0, 0.05) is 23.2 Å². The first kappa shape index (κ1) is 8.23. The fraction of sp³-hybridized carbons (Fsp3) is 0.0909. The van der Waals surface area contributed by atoms with Gasteiger partial charge in [0.1, 0.15) is 0 Å². The van der Waals surface area contributed by atoms with Crippen molar-refractivity contribution < 1.29 is 9.90 Å². The molecule has 3 rings (SSSR count). The molecule has 74 valence electrons. The molecule has 1 aromatic carbocycles. The lowest BCUT2D eigenvalue weighted by atomic mass is 10.2. The van der Waals surface area contributed by atoms with E-state index in [2.05, 4.69) is 4.99 Å². The summed E-state index contributed by atoms with van der Waals surface area (Å²) in [5, 5.41) is 11.0. The number of nitrogens with zero attached hydrogens (tertiary/aromatic N) is 2. The minimum absolute atomic E-state index is 0.426.